The maximum atomic E-state index is 12.1. The SMILES string of the molecule is CC(C)N(C)C(=O)COc1ccc2ccc(-c3ccncc3)cc2c1. The minimum atomic E-state index is -0.0272. The second-order valence-corrected chi connectivity index (χ2v) is 6.35. The number of likely N-dealkylation sites (N-methyl/N-ethyl adjacent to an activating group) is 1. The zero-order valence-electron chi connectivity index (χ0n) is 14.8. The molecule has 0 aliphatic heterocycles. The first kappa shape index (κ1) is 17.0. The van der Waals surface area contributed by atoms with Crippen molar-refractivity contribution in [1.29, 1.82) is 0 Å². The van der Waals surface area contributed by atoms with Gasteiger partial charge < -0.3 is 9.64 Å². The van der Waals surface area contributed by atoms with Crippen molar-refractivity contribution >= 4 is 16.7 Å². The predicted octanol–water partition coefficient (Wildman–Crippen LogP) is 4.15. The van der Waals surface area contributed by atoms with Crippen molar-refractivity contribution in [2.75, 3.05) is 13.7 Å². The third kappa shape index (κ3) is 3.97. The van der Waals surface area contributed by atoms with Gasteiger partial charge in [0.1, 0.15) is 5.75 Å². The van der Waals surface area contributed by atoms with Gasteiger partial charge in [-0.25, -0.2) is 0 Å². The number of carbonyl (C=O) groups is 1. The normalized spacial score (nSPS) is 10.9. The highest BCUT2D eigenvalue weighted by Gasteiger charge is 2.12. The van der Waals surface area contributed by atoms with Crippen LogP contribution in [0, 0.1) is 0 Å². The molecule has 0 N–H and O–H groups in total. The number of ether oxygens (including phenoxy) is 1. The molecule has 0 saturated carbocycles. The molecular formula is C21H22N2O2. The molecule has 128 valence electrons. The number of benzene rings is 2. The molecule has 0 saturated heterocycles. The second-order valence-electron chi connectivity index (χ2n) is 6.35. The fourth-order valence-corrected chi connectivity index (χ4v) is 2.57. The first-order chi connectivity index (χ1) is 12.0. The van der Waals surface area contributed by atoms with Gasteiger partial charge >= 0.3 is 0 Å². The first-order valence-corrected chi connectivity index (χ1v) is 8.37. The molecule has 0 aliphatic rings. The van der Waals surface area contributed by atoms with E-state index >= 15 is 0 Å². The Bertz CT molecular complexity index is 875. The van der Waals surface area contributed by atoms with E-state index < -0.39 is 0 Å². The minimum absolute atomic E-state index is 0.0272. The lowest BCUT2D eigenvalue weighted by molar-refractivity contribution is -0.133. The van der Waals surface area contributed by atoms with Crippen LogP contribution in [-0.2, 0) is 4.79 Å². The van der Waals surface area contributed by atoms with Crippen LogP contribution in [0.25, 0.3) is 21.9 Å². The Hall–Kier alpha value is -2.88. The lowest BCUT2D eigenvalue weighted by Crippen LogP contribution is -2.36. The number of aromatic nitrogens is 1. The van der Waals surface area contributed by atoms with E-state index in [4.69, 9.17) is 4.74 Å². The summed E-state index contributed by atoms with van der Waals surface area (Å²) >= 11 is 0. The van der Waals surface area contributed by atoms with Crippen molar-refractivity contribution in [2.45, 2.75) is 19.9 Å². The largest absolute Gasteiger partial charge is 0.484 e. The van der Waals surface area contributed by atoms with E-state index in [-0.39, 0.29) is 18.6 Å². The third-order valence-electron chi connectivity index (χ3n) is 4.36. The van der Waals surface area contributed by atoms with Crippen molar-refractivity contribution in [2.24, 2.45) is 0 Å². The number of nitrogens with zero attached hydrogens (tertiary/aromatic N) is 2. The first-order valence-electron chi connectivity index (χ1n) is 8.37. The second kappa shape index (κ2) is 7.34. The van der Waals surface area contributed by atoms with Crippen LogP contribution in [0.3, 0.4) is 0 Å². The average Bonchev–Trinajstić information content (AvgIpc) is 2.65. The van der Waals surface area contributed by atoms with E-state index in [1.54, 1.807) is 24.3 Å². The Kier molecular flexibility index (Phi) is 4.98. The zero-order chi connectivity index (χ0) is 17.8. The average molecular weight is 334 g/mol. The van der Waals surface area contributed by atoms with Crippen LogP contribution >= 0.6 is 0 Å². The number of fused-ring (bicyclic) bond motifs is 1. The van der Waals surface area contributed by atoms with Crippen LogP contribution in [0.4, 0.5) is 0 Å². The lowest BCUT2D eigenvalue weighted by Gasteiger charge is -2.21. The summed E-state index contributed by atoms with van der Waals surface area (Å²) < 4.78 is 5.69. The molecule has 25 heavy (non-hydrogen) atoms. The summed E-state index contributed by atoms with van der Waals surface area (Å²) in [6.07, 6.45) is 3.58. The number of rotatable bonds is 5. The molecule has 0 aliphatic carbocycles. The molecule has 4 nitrogen and oxygen atoms in total. The molecule has 0 spiro atoms. The molecule has 1 aromatic heterocycles. The molecular weight excluding hydrogens is 312 g/mol. The van der Waals surface area contributed by atoms with Crippen LogP contribution in [0.1, 0.15) is 13.8 Å². The highest BCUT2D eigenvalue weighted by atomic mass is 16.5. The van der Waals surface area contributed by atoms with E-state index in [2.05, 4.69) is 23.2 Å². The smallest absolute Gasteiger partial charge is 0.260 e. The Labute approximate surface area is 148 Å². The van der Waals surface area contributed by atoms with E-state index in [9.17, 15) is 4.79 Å². The van der Waals surface area contributed by atoms with E-state index in [1.807, 2.05) is 44.2 Å². The number of amides is 1. The fraction of sp³-hybridized carbons (Fsp3) is 0.238. The van der Waals surface area contributed by atoms with Crippen molar-refractivity contribution in [1.82, 2.24) is 9.88 Å². The molecule has 3 rings (SSSR count). The Morgan fingerprint density at radius 1 is 1.00 bits per heavy atom. The zero-order valence-corrected chi connectivity index (χ0v) is 14.8. The molecule has 4 heteroatoms. The molecule has 0 bridgehead atoms. The van der Waals surface area contributed by atoms with Gasteiger partial charge in [-0.05, 0) is 66.1 Å². The summed E-state index contributed by atoms with van der Waals surface area (Å²) in [5.74, 6) is 0.672. The predicted molar refractivity (Wildman–Crippen MR) is 101 cm³/mol. The van der Waals surface area contributed by atoms with Gasteiger partial charge in [0.15, 0.2) is 6.61 Å². The Balaban J connectivity index is 1.80. The summed E-state index contributed by atoms with van der Waals surface area (Å²) in [6, 6.07) is 16.3. The van der Waals surface area contributed by atoms with Gasteiger partial charge in [0.05, 0.1) is 0 Å². The van der Waals surface area contributed by atoms with Crippen LogP contribution in [0.15, 0.2) is 60.9 Å². The quantitative estimate of drug-likeness (QED) is 0.704. The number of pyridine rings is 1. The molecule has 0 radical (unpaired) electrons. The summed E-state index contributed by atoms with van der Waals surface area (Å²) in [4.78, 5) is 17.8. The highest BCUT2D eigenvalue weighted by Crippen LogP contribution is 2.27. The minimum Gasteiger partial charge on any atom is -0.484 e. The summed E-state index contributed by atoms with van der Waals surface area (Å²) in [7, 11) is 1.79. The lowest BCUT2D eigenvalue weighted by atomic mass is 10.0. The maximum absolute atomic E-state index is 12.1. The molecule has 3 aromatic rings. The Morgan fingerprint density at radius 2 is 1.72 bits per heavy atom. The number of carbonyl (C=O) groups excluding carboxylic acids is 1. The summed E-state index contributed by atoms with van der Waals surface area (Å²) in [6.45, 7) is 4.01. The van der Waals surface area contributed by atoms with Crippen molar-refractivity contribution < 1.29 is 9.53 Å². The number of hydrogen-bond donors (Lipinski definition) is 0. The van der Waals surface area contributed by atoms with E-state index in [1.165, 1.54) is 0 Å². The molecule has 0 fully saturated rings. The monoisotopic (exact) mass is 334 g/mol. The van der Waals surface area contributed by atoms with Gasteiger partial charge in [-0.1, -0.05) is 18.2 Å². The van der Waals surface area contributed by atoms with Crippen LogP contribution < -0.4 is 4.74 Å². The molecule has 0 atom stereocenters. The van der Waals surface area contributed by atoms with Crippen molar-refractivity contribution in [3.63, 3.8) is 0 Å². The van der Waals surface area contributed by atoms with Gasteiger partial charge in [-0.3, -0.25) is 9.78 Å². The topological polar surface area (TPSA) is 42.4 Å². The molecule has 2 aromatic carbocycles. The van der Waals surface area contributed by atoms with Crippen LogP contribution in [0.5, 0.6) is 5.75 Å². The van der Waals surface area contributed by atoms with Gasteiger partial charge in [-0.2, -0.15) is 0 Å². The number of hydrogen-bond acceptors (Lipinski definition) is 3. The standard InChI is InChI=1S/C21H22N2O2/c1-15(2)23(3)21(24)14-25-20-7-6-16-4-5-18(12-19(16)13-20)17-8-10-22-11-9-17/h4-13,15H,14H2,1-3H3. The highest BCUT2D eigenvalue weighted by molar-refractivity contribution is 5.88. The van der Waals surface area contributed by atoms with Crippen LogP contribution in [0.2, 0.25) is 0 Å². The maximum Gasteiger partial charge on any atom is 0.260 e. The van der Waals surface area contributed by atoms with E-state index in [0.717, 1.165) is 21.9 Å². The van der Waals surface area contributed by atoms with Crippen LogP contribution in [-0.4, -0.2) is 35.5 Å². The summed E-state index contributed by atoms with van der Waals surface area (Å²) in [5, 5.41) is 2.22. The van der Waals surface area contributed by atoms with Crippen molar-refractivity contribution in [3.8, 4) is 16.9 Å². The van der Waals surface area contributed by atoms with E-state index in [0.29, 0.717) is 5.75 Å². The summed E-state index contributed by atoms with van der Waals surface area (Å²) in [5.41, 5.74) is 2.25. The Morgan fingerprint density at radius 3 is 2.44 bits per heavy atom. The van der Waals surface area contributed by atoms with Gasteiger partial charge in [-0.15, -0.1) is 0 Å². The van der Waals surface area contributed by atoms with Gasteiger partial charge in [0, 0.05) is 25.5 Å². The van der Waals surface area contributed by atoms with Gasteiger partial charge in [0.25, 0.3) is 5.91 Å². The van der Waals surface area contributed by atoms with Gasteiger partial charge in [0.2, 0.25) is 0 Å². The fourth-order valence-electron chi connectivity index (χ4n) is 2.57. The molecule has 1 heterocycles. The van der Waals surface area contributed by atoms with Crippen molar-refractivity contribution in [3.05, 3.63) is 60.9 Å². The molecule has 1 amide bonds. The molecule has 0 unspecified atom stereocenters. The third-order valence-corrected chi connectivity index (χ3v) is 4.36.